The van der Waals surface area contributed by atoms with E-state index in [9.17, 15) is 4.79 Å². The summed E-state index contributed by atoms with van der Waals surface area (Å²) in [6.45, 7) is 0.573. The van der Waals surface area contributed by atoms with Crippen LogP contribution in [0, 0.1) is 0 Å². The molecule has 1 amide bonds. The summed E-state index contributed by atoms with van der Waals surface area (Å²) in [5.74, 6) is 2.09. The van der Waals surface area contributed by atoms with Crippen LogP contribution in [0.4, 0.5) is 0 Å². The lowest BCUT2D eigenvalue weighted by Gasteiger charge is -2.11. The summed E-state index contributed by atoms with van der Waals surface area (Å²) in [5.41, 5.74) is 0.867. The lowest BCUT2D eigenvalue weighted by molar-refractivity contribution is -0.121. The number of ether oxygens (including phenoxy) is 2. The highest BCUT2D eigenvalue weighted by molar-refractivity contribution is 8.26. The molecule has 1 fully saturated rings. The van der Waals surface area contributed by atoms with Gasteiger partial charge in [0.05, 0.1) is 18.6 Å². The first kappa shape index (κ1) is 19.8. The number of benzene rings is 2. The third-order valence-electron chi connectivity index (χ3n) is 3.82. The average molecular weight is 418 g/mol. The van der Waals surface area contributed by atoms with E-state index in [1.165, 1.54) is 21.6 Å². The standard InChI is InChI=1S/C20H19NO3S3/c1-21-19(22)18(27-20(21)25)13-14-8-9-16(17(12-14)23-2)24-10-11-26-15-6-4-3-5-7-15/h3-9,12-13H,10-11H2,1-2H3/b18-13-. The van der Waals surface area contributed by atoms with Crippen LogP contribution in [-0.4, -0.2) is 41.6 Å². The van der Waals surface area contributed by atoms with Crippen molar-refractivity contribution in [1.29, 1.82) is 0 Å². The van der Waals surface area contributed by atoms with Crippen molar-refractivity contribution >= 4 is 52.0 Å². The van der Waals surface area contributed by atoms with Gasteiger partial charge >= 0.3 is 0 Å². The monoisotopic (exact) mass is 417 g/mol. The summed E-state index contributed by atoms with van der Waals surface area (Å²) >= 11 is 8.21. The van der Waals surface area contributed by atoms with Crippen molar-refractivity contribution in [1.82, 2.24) is 4.90 Å². The number of thioether (sulfide) groups is 2. The van der Waals surface area contributed by atoms with Gasteiger partial charge in [0.1, 0.15) is 4.32 Å². The van der Waals surface area contributed by atoms with E-state index >= 15 is 0 Å². The molecule has 0 unspecified atom stereocenters. The first-order valence-corrected chi connectivity index (χ1v) is 10.5. The van der Waals surface area contributed by atoms with Crippen LogP contribution in [0.2, 0.25) is 0 Å². The number of hydrogen-bond donors (Lipinski definition) is 0. The van der Waals surface area contributed by atoms with Gasteiger partial charge in [-0.15, -0.1) is 11.8 Å². The lowest BCUT2D eigenvalue weighted by Crippen LogP contribution is -2.22. The van der Waals surface area contributed by atoms with Gasteiger partial charge in [-0.25, -0.2) is 0 Å². The Labute approximate surface area is 172 Å². The van der Waals surface area contributed by atoms with Crippen LogP contribution in [-0.2, 0) is 4.79 Å². The molecular weight excluding hydrogens is 398 g/mol. The number of rotatable bonds is 7. The Kier molecular flexibility index (Phi) is 6.82. The maximum absolute atomic E-state index is 12.1. The second-order valence-corrected chi connectivity index (χ2v) is 8.51. The van der Waals surface area contributed by atoms with Gasteiger partial charge in [-0.3, -0.25) is 9.69 Å². The molecule has 1 aliphatic heterocycles. The van der Waals surface area contributed by atoms with Gasteiger partial charge < -0.3 is 9.47 Å². The molecule has 0 bridgehead atoms. The van der Waals surface area contributed by atoms with Crippen molar-refractivity contribution in [2.75, 3.05) is 26.5 Å². The maximum Gasteiger partial charge on any atom is 0.265 e. The number of methoxy groups -OCH3 is 1. The topological polar surface area (TPSA) is 38.8 Å². The minimum atomic E-state index is -0.0813. The molecule has 4 nitrogen and oxygen atoms in total. The van der Waals surface area contributed by atoms with Crippen LogP contribution in [0.25, 0.3) is 6.08 Å². The van der Waals surface area contributed by atoms with E-state index in [1.807, 2.05) is 42.5 Å². The van der Waals surface area contributed by atoms with Crippen molar-refractivity contribution in [3.8, 4) is 11.5 Å². The Bertz CT molecular complexity index is 868. The largest absolute Gasteiger partial charge is 0.493 e. The lowest BCUT2D eigenvalue weighted by atomic mass is 10.2. The summed E-state index contributed by atoms with van der Waals surface area (Å²) in [7, 11) is 3.29. The molecule has 0 atom stereocenters. The van der Waals surface area contributed by atoms with Gasteiger partial charge in [0, 0.05) is 17.7 Å². The van der Waals surface area contributed by atoms with E-state index in [0.717, 1.165) is 11.3 Å². The number of amides is 1. The SMILES string of the molecule is COc1cc(/C=C2\SC(=S)N(C)C2=O)ccc1OCCSc1ccccc1. The molecule has 7 heteroatoms. The zero-order chi connectivity index (χ0) is 19.2. The highest BCUT2D eigenvalue weighted by Crippen LogP contribution is 2.34. The highest BCUT2D eigenvalue weighted by atomic mass is 32.2. The second kappa shape index (κ2) is 9.30. The van der Waals surface area contributed by atoms with Gasteiger partial charge in [-0.05, 0) is 35.9 Å². The van der Waals surface area contributed by atoms with Crippen molar-refractivity contribution in [3.05, 3.63) is 59.0 Å². The fourth-order valence-corrected chi connectivity index (χ4v) is 4.35. The Morgan fingerprint density at radius 3 is 2.63 bits per heavy atom. The summed E-state index contributed by atoms with van der Waals surface area (Å²) < 4.78 is 11.9. The van der Waals surface area contributed by atoms with Gasteiger partial charge in [0.2, 0.25) is 0 Å². The Hall–Kier alpha value is -1.96. The van der Waals surface area contributed by atoms with Crippen LogP contribution in [0.5, 0.6) is 11.5 Å². The van der Waals surface area contributed by atoms with E-state index in [0.29, 0.717) is 27.3 Å². The van der Waals surface area contributed by atoms with Gasteiger partial charge in [0.15, 0.2) is 11.5 Å². The fourth-order valence-electron chi connectivity index (χ4n) is 2.42. The smallest absolute Gasteiger partial charge is 0.265 e. The van der Waals surface area contributed by atoms with E-state index in [4.69, 9.17) is 21.7 Å². The van der Waals surface area contributed by atoms with Crippen molar-refractivity contribution in [2.24, 2.45) is 0 Å². The average Bonchev–Trinajstić information content (AvgIpc) is 2.93. The molecule has 0 spiro atoms. The molecule has 140 valence electrons. The molecular formula is C20H19NO3S3. The predicted octanol–water partition coefficient (Wildman–Crippen LogP) is 4.70. The summed E-state index contributed by atoms with van der Waals surface area (Å²) in [4.78, 5) is 15.4. The molecule has 0 N–H and O–H groups in total. The molecule has 1 heterocycles. The molecule has 0 aromatic heterocycles. The number of likely N-dealkylation sites (N-methyl/N-ethyl adjacent to an activating group) is 1. The molecule has 2 aromatic rings. The molecule has 27 heavy (non-hydrogen) atoms. The van der Waals surface area contributed by atoms with Crippen molar-refractivity contribution in [2.45, 2.75) is 4.90 Å². The van der Waals surface area contributed by atoms with Gasteiger partial charge in [0.25, 0.3) is 5.91 Å². The van der Waals surface area contributed by atoms with Gasteiger partial charge in [-0.2, -0.15) is 0 Å². The van der Waals surface area contributed by atoms with Crippen LogP contribution in [0.15, 0.2) is 58.3 Å². The summed E-state index contributed by atoms with van der Waals surface area (Å²) in [6.07, 6.45) is 1.82. The van der Waals surface area contributed by atoms with E-state index in [-0.39, 0.29) is 5.91 Å². The molecule has 0 aliphatic carbocycles. The molecule has 2 aromatic carbocycles. The van der Waals surface area contributed by atoms with Crippen molar-refractivity contribution < 1.29 is 14.3 Å². The minimum Gasteiger partial charge on any atom is -0.493 e. The first-order valence-electron chi connectivity index (χ1n) is 8.28. The zero-order valence-corrected chi connectivity index (χ0v) is 17.5. The van der Waals surface area contributed by atoms with E-state index < -0.39 is 0 Å². The minimum absolute atomic E-state index is 0.0813. The van der Waals surface area contributed by atoms with Crippen molar-refractivity contribution in [3.63, 3.8) is 0 Å². The fraction of sp³-hybridized carbons (Fsp3) is 0.200. The van der Waals surface area contributed by atoms with Crippen LogP contribution in [0.1, 0.15) is 5.56 Å². The van der Waals surface area contributed by atoms with Crippen LogP contribution >= 0.6 is 35.7 Å². The Morgan fingerprint density at radius 2 is 1.96 bits per heavy atom. The number of nitrogens with zero attached hydrogens (tertiary/aromatic N) is 1. The van der Waals surface area contributed by atoms with Gasteiger partial charge in [-0.1, -0.05) is 48.2 Å². The first-order chi connectivity index (χ1) is 13.1. The number of carbonyl (C=O) groups is 1. The molecule has 0 radical (unpaired) electrons. The normalized spacial score (nSPS) is 15.5. The number of thiocarbonyl (C=S) groups is 1. The summed E-state index contributed by atoms with van der Waals surface area (Å²) in [6, 6.07) is 15.9. The molecule has 0 saturated carbocycles. The third-order valence-corrected chi connectivity index (χ3v) is 6.29. The van der Waals surface area contributed by atoms with Crippen LogP contribution in [0.3, 0.4) is 0 Å². The molecule has 1 saturated heterocycles. The Balaban J connectivity index is 1.62. The quantitative estimate of drug-likeness (QED) is 0.281. The second-order valence-electron chi connectivity index (χ2n) is 5.66. The third kappa shape index (κ3) is 5.06. The molecule has 1 aliphatic rings. The predicted molar refractivity (Wildman–Crippen MR) is 117 cm³/mol. The van der Waals surface area contributed by atoms with E-state index in [2.05, 4.69) is 12.1 Å². The maximum atomic E-state index is 12.1. The van der Waals surface area contributed by atoms with E-state index in [1.54, 1.807) is 25.9 Å². The zero-order valence-electron chi connectivity index (χ0n) is 15.0. The summed E-state index contributed by atoms with van der Waals surface area (Å²) in [5, 5.41) is 0. The number of carbonyl (C=O) groups excluding carboxylic acids is 1. The Morgan fingerprint density at radius 1 is 1.19 bits per heavy atom. The highest BCUT2D eigenvalue weighted by Gasteiger charge is 2.28. The number of hydrogen-bond acceptors (Lipinski definition) is 6. The molecule has 3 rings (SSSR count). The van der Waals surface area contributed by atoms with Crippen LogP contribution < -0.4 is 9.47 Å².